The number of fused-ring (bicyclic) bond motifs is 1. The molecule has 1 atom stereocenters. The third-order valence-corrected chi connectivity index (χ3v) is 8.45. The lowest BCUT2D eigenvalue weighted by atomic mass is 10.0. The summed E-state index contributed by atoms with van der Waals surface area (Å²) in [6.07, 6.45) is 1.77. The number of thiophene rings is 1. The van der Waals surface area contributed by atoms with Crippen molar-refractivity contribution in [1.82, 2.24) is 4.57 Å². The number of para-hydroxylation sites is 1. The van der Waals surface area contributed by atoms with E-state index in [1.165, 1.54) is 22.7 Å². The van der Waals surface area contributed by atoms with Gasteiger partial charge in [-0.15, -0.1) is 11.3 Å². The fourth-order valence-corrected chi connectivity index (χ4v) is 6.43. The number of esters is 1. The first-order chi connectivity index (χ1) is 18.9. The lowest BCUT2D eigenvalue weighted by molar-refractivity contribution is -0.139. The van der Waals surface area contributed by atoms with Crippen molar-refractivity contribution in [2.75, 3.05) is 13.7 Å². The van der Waals surface area contributed by atoms with Crippen molar-refractivity contribution < 1.29 is 19.0 Å². The Morgan fingerprint density at radius 2 is 1.97 bits per heavy atom. The molecule has 0 fully saturated rings. The van der Waals surface area contributed by atoms with Crippen LogP contribution in [0.1, 0.15) is 35.9 Å². The van der Waals surface area contributed by atoms with Crippen molar-refractivity contribution in [1.29, 1.82) is 0 Å². The molecular weight excluding hydrogens is 556 g/mol. The molecule has 39 heavy (non-hydrogen) atoms. The van der Waals surface area contributed by atoms with E-state index >= 15 is 0 Å². The van der Waals surface area contributed by atoms with Crippen LogP contribution in [0, 0.1) is 0 Å². The van der Waals surface area contributed by atoms with E-state index in [0.29, 0.717) is 42.7 Å². The van der Waals surface area contributed by atoms with Crippen LogP contribution in [0.2, 0.25) is 5.02 Å². The van der Waals surface area contributed by atoms with E-state index < -0.39 is 12.0 Å². The molecule has 2 aromatic heterocycles. The van der Waals surface area contributed by atoms with Crippen LogP contribution in [-0.4, -0.2) is 24.3 Å². The molecule has 0 amide bonds. The fraction of sp³-hybridized carbons (Fsp3) is 0.207. The maximum atomic E-state index is 13.9. The zero-order chi connectivity index (χ0) is 27.5. The molecule has 0 bridgehead atoms. The van der Waals surface area contributed by atoms with Crippen LogP contribution in [-0.2, 0) is 16.1 Å². The standard InChI is InChI=1S/C29H25ClN2O5S2/c1-4-36-28(34)24-17(2)31-29-32(25(24)22-13-8-14-38-22)27(33)23(39-29)15-18-10-7-12-21(35-3)26(18)37-16-19-9-5-6-11-20(19)30/h5-15,25H,4,16H2,1-3H3/b23-15-/t25-/m1/s1. The number of ether oxygens (including phenoxy) is 3. The van der Waals surface area contributed by atoms with Gasteiger partial charge in [-0.1, -0.05) is 59.3 Å². The summed E-state index contributed by atoms with van der Waals surface area (Å²) in [4.78, 5) is 32.8. The molecule has 0 N–H and O–H groups in total. The quantitative estimate of drug-likeness (QED) is 0.271. The number of aromatic nitrogens is 1. The maximum Gasteiger partial charge on any atom is 0.338 e. The van der Waals surface area contributed by atoms with Gasteiger partial charge in [0.2, 0.25) is 0 Å². The molecular formula is C29H25ClN2O5S2. The molecule has 2 aromatic carbocycles. The maximum absolute atomic E-state index is 13.9. The lowest BCUT2D eigenvalue weighted by Gasteiger charge is -2.23. The van der Waals surface area contributed by atoms with E-state index in [-0.39, 0.29) is 18.8 Å². The second-order valence-corrected chi connectivity index (χ2v) is 11.0. The van der Waals surface area contributed by atoms with Crippen LogP contribution in [0.5, 0.6) is 11.5 Å². The van der Waals surface area contributed by atoms with Gasteiger partial charge in [0.1, 0.15) is 12.6 Å². The Balaban J connectivity index is 1.62. The van der Waals surface area contributed by atoms with Crippen molar-refractivity contribution in [3.63, 3.8) is 0 Å². The first-order valence-electron chi connectivity index (χ1n) is 12.2. The Hall–Kier alpha value is -3.66. The van der Waals surface area contributed by atoms with Crippen LogP contribution in [0.25, 0.3) is 6.08 Å². The number of nitrogens with zero attached hydrogens (tertiary/aromatic N) is 2. The molecule has 200 valence electrons. The molecule has 3 heterocycles. The molecule has 0 radical (unpaired) electrons. The molecule has 0 saturated heterocycles. The molecule has 1 aliphatic heterocycles. The van der Waals surface area contributed by atoms with E-state index in [1.54, 1.807) is 43.7 Å². The normalized spacial score (nSPS) is 15.1. The average molecular weight is 581 g/mol. The molecule has 0 aliphatic carbocycles. The number of carbonyl (C=O) groups excluding carboxylic acids is 1. The monoisotopic (exact) mass is 580 g/mol. The van der Waals surface area contributed by atoms with Crippen LogP contribution >= 0.6 is 34.3 Å². The van der Waals surface area contributed by atoms with Gasteiger partial charge in [-0.2, -0.15) is 0 Å². The highest BCUT2D eigenvalue weighted by Gasteiger charge is 2.34. The topological polar surface area (TPSA) is 79.1 Å². The summed E-state index contributed by atoms with van der Waals surface area (Å²) >= 11 is 9.06. The summed E-state index contributed by atoms with van der Waals surface area (Å²) in [7, 11) is 1.57. The minimum Gasteiger partial charge on any atom is -0.493 e. The smallest absolute Gasteiger partial charge is 0.338 e. The molecule has 7 nitrogen and oxygen atoms in total. The number of carbonyl (C=O) groups is 1. The first-order valence-corrected chi connectivity index (χ1v) is 14.3. The fourth-order valence-electron chi connectivity index (χ4n) is 4.38. The number of rotatable bonds is 8. The van der Waals surface area contributed by atoms with Crippen molar-refractivity contribution in [3.8, 4) is 11.5 Å². The summed E-state index contributed by atoms with van der Waals surface area (Å²) in [5, 5.41) is 2.52. The molecule has 10 heteroatoms. The summed E-state index contributed by atoms with van der Waals surface area (Å²) in [6.45, 7) is 3.97. The van der Waals surface area contributed by atoms with E-state index in [2.05, 4.69) is 4.99 Å². The van der Waals surface area contributed by atoms with E-state index in [1.807, 2.05) is 47.8 Å². The zero-order valence-corrected chi connectivity index (χ0v) is 23.9. The summed E-state index contributed by atoms with van der Waals surface area (Å²) in [5.41, 5.74) is 2.13. The summed E-state index contributed by atoms with van der Waals surface area (Å²) < 4.78 is 19.1. The Kier molecular flexibility index (Phi) is 8.02. The van der Waals surface area contributed by atoms with Crippen LogP contribution in [0.15, 0.2) is 81.0 Å². The molecule has 5 rings (SSSR count). The first kappa shape index (κ1) is 26.9. The highest BCUT2D eigenvalue weighted by molar-refractivity contribution is 7.10. The Labute approximate surface area is 237 Å². The highest BCUT2D eigenvalue weighted by atomic mass is 35.5. The Morgan fingerprint density at radius 1 is 1.15 bits per heavy atom. The minimum atomic E-state index is -0.622. The Bertz CT molecular complexity index is 1740. The lowest BCUT2D eigenvalue weighted by Crippen LogP contribution is -2.39. The predicted molar refractivity (Wildman–Crippen MR) is 153 cm³/mol. The Morgan fingerprint density at radius 3 is 2.69 bits per heavy atom. The third-order valence-electron chi connectivity index (χ3n) is 6.18. The molecule has 4 aromatic rings. The number of halogens is 1. The van der Waals surface area contributed by atoms with Crippen molar-refractivity contribution >= 4 is 46.3 Å². The number of hydrogen-bond acceptors (Lipinski definition) is 8. The number of benzene rings is 2. The number of methoxy groups -OCH3 is 1. The van der Waals surface area contributed by atoms with Crippen LogP contribution in [0.4, 0.5) is 0 Å². The van der Waals surface area contributed by atoms with Gasteiger partial charge >= 0.3 is 5.97 Å². The van der Waals surface area contributed by atoms with Crippen LogP contribution < -0.4 is 24.4 Å². The molecule has 1 aliphatic rings. The van der Waals surface area contributed by atoms with Gasteiger partial charge in [-0.25, -0.2) is 9.79 Å². The van der Waals surface area contributed by atoms with E-state index in [4.69, 9.17) is 25.8 Å². The number of allylic oxidation sites excluding steroid dienone is 1. The summed E-state index contributed by atoms with van der Waals surface area (Å²) in [6, 6.07) is 16.1. The SMILES string of the molecule is CCOC(=O)C1=C(C)N=c2s/c(=C\c3cccc(OC)c3OCc3ccccc3Cl)c(=O)n2[C@@H]1c1cccs1. The number of thiazole rings is 1. The van der Waals surface area contributed by atoms with Gasteiger partial charge in [0.05, 0.1) is 29.5 Å². The second kappa shape index (κ2) is 11.6. The second-order valence-electron chi connectivity index (χ2n) is 8.58. The highest BCUT2D eigenvalue weighted by Crippen LogP contribution is 2.34. The third kappa shape index (κ3) is 5.30. The van der Waals surface area contributed by atoms with Crippen molar-refractivity contribution in [2.45, 2.75) is 26.5 Å². The average Bonchev–Trinajstić information content (AvgIpc) is 3.56. The minimum absolute atomic E-state index is 0.225. The van der Waals surface area contributed by atoms with Crippen molar-refractivity contribution in [2.24, 2.45) is 4.99 Å². The summed E-state index contributed by atoms with van der Waals surface area (Å²) in [5.74, 6) is 0.541. The molecule has 0 unspecified atom stereocenters. The molecule has 0 spiro atoms. The zero-order valence-electron chi connectivity index (χ0n) is 21.5. The van der Waals surface area contributed by atoms with E-state index in [9.17, 15) is 9.59 Å². The van der Waals surface area contributed by atoms with Gasteiger partial charge in [-0.3, -0.25) is 9.36 Å². The van der Waals surface area contributed by atoms with Gasteiger partial charge < -0.3 is 14.2 Å². The van der Waals surface area contributed by atoms with Gasteiger partial charge in [0.15, 0.2) is 16.3 Å². The van der Waals surface area contributed by atoms with Gasteiger partial charge in [0.25, 0.3) is 5.56 Å². The van der Waals surface area contributed by atoms with Gasteiger partial charge in [0, 0.05) is 21.0 Å². The van der Waals surface area contributed by atoms with Gasteiger partial charge in [-0.05, 0) is 43.5 Å². The number of hydrogen-bond donors (Lipinski definition) is 0. The predicted octanol–water partition coefficient (Wildman–Crippen LogP) is 5.10. The van der Waals surface area contributed by atoms with E-state index in [0.717, 1.165) is 10.4 Å². The van der Waals surface area contributed by atoms with Crippen molar-refractivity contribution in [3.05, 3.63) is 112 Å². The molecule has 0 saturated carbocycles. The largest absolute Gasteiger partial charge is 0.493 e. The van der Waals surface area contributed by atoms with Crippen LogP contribution in [0.3, 0.4) is 0 Å².